The Balaban J connectivity index is 2.79. The van der Waals surface area contributed by atoms with Gasteiger partial charge >= 0.3 is 0 Å². The second-order valence-corrected chi connectivity index (χ2v) is 4.55. The average Bonchev–Trinajstić information content (AvgIpc) is 2.00. The van der Waals surface area contributed by atoms with Gasteiger partial charge in [0.25, 0.3) is 0 Å². The van der Waals surface area contributed by atoms with Gasteiger partial charge < -0.3 is 5.11 Å². The Hall–Kier alpha value is -0.340. The van der Waals surface area contributed by atoms with Crippen LogP contribution in [0.2, 0.25) is 0 Å². The van der Waals surface area contributed by atoms with Crippen LogP contribution in [0.1, 0.15) is 26.7 Å². The minimum absolute atomic E-state index is 0.134. The third-order valence-electron chi connectivity index (χ3n) is 2.79. The Labute approximate surface area is 83.6 Å². The van der Waals surface area contributed by atoms with Crippen molar-refractivity contribution in [2.45, 2.75) is 37.7 Å². The first-order valence-electron chi connectivity index (χ1n) is 4.41. The monoisotopic (exact) mass is 202 g/mol. The average molecular weight is 203 g/mol. The van der Waals surface area contributed by atoms with Gasteiger partial charge in [-0.15, -0.1) is 11.6 Å². The van der Waals surface area contributed by atoms with Crippen LogP contribution in [0.5, 0.6) is 0 Å². The molecule has 0 amide bonds. The molecule has 1 aliphatic rings. The van der Waals surface area contributed by atoms with E-state index >= 15 is 0 Å². The van der Waals surface area contributed by atoms with Crippen LogP contribution in [-0.2, 0) is 4.79 Å². The van der Waals surface area contributed by atoms with Crippen molar-refractivity contribution in [1.82, 2.24) is 0 Å². The fourth-order valence-electron chi connectivity index (χ4n) is 1.54. The highest BCUT2D eigenvalue weighted by molar-refractivity contribution is 6.23. The Morgan fingerprint density at radius 3 is 2.69 bits per heavy atom. The predicted molar refractivity (Wildman–Crippen MR) is 52.8 cm³/mol. The van der Waals surface area contributed by atoms with E-state index in [1.54, 1.807) is 0 Å². The second kappa shape index (κ2) is 3.43. The van der Waals surface area contributed by atoms with Gasteiger partial charge in [-0.25, -0.2) is 0 Å². The molecule has 0 aromatic carbocycles. The molecule has 1 rings (SSSR count). The van der Waals surface area contributed by atoms with Crippen LogP contribution in [0.4, 0.5) is 0 Å². The number of hydrogen-bond donors (Lipinski definition) is 1. The van der Waals surface area contributed by atoms with Crippen molar-refractivity contribution in [3.8, 4) is 0 Å². The summed E-state index contributed by atoms with van der Waals surface area (Å²) in [5.41, 5.74) is -0.387. The number of ketones is 1. The quantitative estimate of drug-likeness (QED) is 0.521. The highest BCUT2D eigenvalue weighted by Gasteiger charge is 2.44. The first kappa shape index (κ1) is 10.7. The largest absolute Gasteiger partial charge is 0.381 e. The summed E-state index contributed by atoms with van der Waals surface area (Å²) in [4.78, 5) is 11.5. The smallest absolute Gasteiger partial charge is 0.166 e. The first-order valence-corrected chi connectivity index (χ1v) is 4.84. The maximum absolute atomic E-state index is 11.5. The Morgan fingerprint density at radius 2 is 2.31 bits per heavy atom. The zero-order valence-corrected chi connectivity index (χ0v) is 8.77. The molecule has 0 aromatic rings. The Bertz CT molecular complexity index is 245. The number of rotatable bonds is 1. The summed E-state index contributed by atoms with van der Waals surface area (Å²) >= 11 is 5.93. The second-order valence-electron chi connectivity index (χ2n) is 4.02. The maximum atomic E-state index is 11.5. The molecular formula is C10H15ClO2. The Kier molecular flexibility index (Phi) is 2.83. The molecule has 0 aromatic heterocycles. The van der Waals surface area contributed by atoms with E-state index in [0.717, 1.165) is 5.57 Å². The summed E-state index contributed by atoms with van der Waals surface area (Å²) in [5, 5.41) is 9.21. The third kappa shape index (κ3) is 1.94. The molecule has 3 heteroatoms. The zero-order chi connectivity index (χ0) is 10.2. The molecule has 0 heterocycles. The van der Waals surface area contributed by atoms with E-state index in [9.17, 15) is 9.90 Å². The number of alkyl halides is 1. The summed E-state index contributed by atoms with van der Waals surface area (Å²) in [5.74, 6) is -0.0398. The molecule has 2 nitrogen and oxygen atoms in total. The van der Waals surface area contributed by atoms with E-state index in [1.807, 2.05) is 6.92 Å². The van der Waals surface area contributed by atoms with Crippen molar-refractivity contribution in [3.63, 3.8) is 0 Å². The molecule has 0 saturated heterocycles. The summed E-state index contributed by atoms with van der Waals surface area (Å²) in [6.45, 7) is 7.18. The van der Waals surface area contributed by atoms with Gasteiger partial charge in [0.2, 0.25) is 0 Å². The van der Waals surface area contributed by atoms with E-state index in [2.05, 4.69) is 6.58 Å². The molecule has 1 N–H and O–H groups in total. The van der Waals surface area contributed by atoms with Gasteiger partial charge in [0.1, 0.15) is 5.60 Å². The van der Waals surface area contributed by atoms with Crippen molar-refractivity contribution >= 4 is 17.4 Å². The molecule has 0 aliphatic heterocycles. The van der Waals surface area contributed by atoms with Crippen LogP contribution in [0.15, 0.2) is 12.2 Å². The van der Waals surface area contributed by atoms with Gasteiger partial charge in [0, 0.05) is 6.42 Å². The van der Waals surface area contributed by atoms with Crippen LogP contribution in [-0.4, -0.2) is 21.9 Å². The summed E-state index contributed by atoms with van der Waals surface area (Å²) in [7, 11) is 0. The van der Waals surface area contributed by atoms with Crippen LogP contribution in [0.3, 0.4) is 0 Å². The number of allylic oxidation sites excluding steroid dienone is 1. The molecule has 1 saturated carbocycles. The van der Waals surface area contributed by atoms with Crippen molar-refractivity contribution in [2.75, 3.05) is 0 Å². The molecule has 74 valence electrons. The van der Waals surface area contributed by atoms with Gasteiger partial charge in [-0.05, 0) is 26.2 Å². The molecule has 0 radical (unpaired) electrons. The summed E-state index contributed by atoms with van der Waals surface area (Å²) in [6, 6.07) is 0. The standard InChI is InChI=1S/C10H15ClO2/c1-6(2)7-4-8(11)10(3,13)9(12)5-7/h7-8,13H,1,4-5H2,2-3H3. The van der Waals surface area contributed by atoms with Crippen LogP contribution >= 0.6 is 11.6 Å². The third-order valence-corrected chi connectivity index (χ3v) is 3.40. The lowest BCUT2D eigenvalue weighted by Crippen LogP contribution is -2.49. The number of halogens is 1. The molecule has 1 fully saturated rings. The zero-order valence-electron chi connectivity index (χ0n) is 8.01. The van der Waals surface area contributed by atoms with Crippen molar-refractivity contribution in [1.29, 1.82) is 0 Å². The van der Waals surface area contributed by atoms with Crippen LogP contribution < -0.4 is 0 Å². The van der Waals surface area contributed by atoms with E-state index in [-0.39, 0.29) is 11.7 Å². The highest BCUT2D eigenvalue weighted by Crippen LogP contribution is 2.35. The minimum atomic E-state index is -1.35. The molecule has 3 atom stereocenters. The molecule has 13 heavy (non-hydrogen) atoms. The number of carbonyl (C=O) groups excluding carboxylic acids is 1. The summed E-state index contributed by atoms with van der Waals surface area (Å²) in [6.07, 6.45) is 1.00. The van der Waals surface area contributed by atoms with Crippen molar-refractivity contribution < 1.29 is 9.90 Å². The SMILES string of the molecule is C=C(C)C1CC(=O)C(C)(O)C(Cl)C1. The van der Waals surface area contributed by atoms with Gasteiger partial charge in [0.15, 0.2) is 5.78 Å². The summed E-state index contributed by atoms with van der Waals surface area (Å²) < 4.78 is 0. The van der Waals surface area contributed by atoms with Crippen molar-refractivity contribution in [3.05, 3.63) is 12.2 Å². The number of carbonyl (C=O) groups is 1. The van der Waals surface area contributed by atoms with Gasteiger partial charge in [0.05, 0.1) is 5.38 Å². The fourth-order valence-corrected chi connectivity index (χ4v) is 1.88. The lowest BCUT2D eigenvalue weighted by Gasteiger charge is -2.36. The first-order chi connectivity index (χ1) is 5.85. The van der Waals surface area contributed by atoms with Gasteiger partial charge in [-0.2, -0.15) is 0 Å². The lowest BCUT2D eigenvalue weighted by molar-refractivity contribution is -0.139. The Morgan fingerprint density at radius 1 is 1.77 bits per heavy atom. The molecule has 0 bridgehead atoms. The van der Waals surface area contributed by atoms with Gasteiger partial charge in [-0.1, -0.05) is 12.2 Å². The topological polar surface area (TPSA) is 37.3 Å². The maximum Gasteiger partial charge on any atom is 0.166 e. The van der Waals surface area contributed by atoms with E-state index in [1.165, 1.54) is 6.92 Å². The number of aliphatic hydroxyl groups is 1. The number of Topliss-reactive ketones (excluding diaryl/α,β-unsaturated/α-hetero) is 1. The van der Waals surface area contributed by atoms with E-state index in [4.69, 9.17) is 11.6 Å². The van der Waals surface area contributed by atoms with Crippen molar-refractivity contribution in [2.24, 2.45) is 5.92 Å². The molecule has 3 unspecified atom stereocenters. The molecular weight excluding hydrogens is 188 g/mol. The van der Waals surface area contributed by atoms with Gasteiger partial charge in [-0.3, -0.25) is 4.79 Å². The van der Waals surface area contributed by atoms with Crippen LogP contribution in [0, 0.1) is 5.92 Å². The van der Waals surface area contributed by atoms with Crippen LogP contribution in [0.25, 0.3) is 0 Å². The molecule has 1 aliphatic carbocycles. The normalized spacial score (nSPS) is 40.5. The highest BCUT2D eigenvalue weighted by atomic mass is 35.5. The predicted octanol–water partition coefficient (Wildman–Crippen LogP) is 1.90. The molecule has 0 spiro atoms. The van der Waals surface area contributed by atoms with E-state index < -0.39 is 11.0 Å². The minimum Gasteiger partial charge on any atom is -0.381 e. The lowest BCUT2D eigenvalue weighted by atomic mass is 9.76. The van der Waals surface area contributed by atoms with E-state index in [0.29, 0.717) is 12.8 Å². The number of hydrogen-bond acceptors (Lipinski definition) is 2. The fraction of sp³-hybridized carbons (Fsp3) is 0.700.